The largest absolute Gasteiger partial charge is 0.497 e. The summed E-state index contributed by atoms with van der Waals surface area (Å²) >= 11 is 1.41. The first kappa shape index (κ1) is 22.3. The highest BCUT2D eigenvalue weighted by Gasteiger charge is 2.52. The predicted molar refractivity (Wildman–Crippen MR) is 130 cm³/mol. The number of carbonyl (C=O) groups is 3. The first-order chi connectivity index (χ1) is 16.5. The van der Waals surface area contributed by atoms with Crippen LogP contribution in [0.15, 0.2) is 48.5 Å². The van der Waals surface area contributed by atoms with E-state index in [4.69, 9.17) is 4.74 Å². The Morgan fingerprint density at radius 3 is 2.68 bits per heavy atom. The SMILES string of the molecule is COc1ccc2nc(N(Cc3ccccc3)C(=O)CCN3C(=O)NC4(CCCC4)C3=O)sc2c1. The number of hydrogen-bond acceptors (Lipinski definition) is 6. The van der Waals surface area contributed by atoms with Crippen molar-refractivity contribution in [3.05, 3.63) is 54.1 Å². The van der Waals surface area contributed by atoms with E-state index in [1.54, 1.807) is 12.0 Å². The van der Waals surface area contributed by atoms with Crippen molar-refractivity contribution in [1.82, 2.24) is 15.2 Å². The van der Waals surface area contributed by atoms with Crippen molar-refractivity contribution in [1.29, 1.82) is 0 Å². The van der Waals surface area contributed by atoms with Crippen LogP contribution in [0.3, 0.4) is 0 Å². The van der Waals surface area contributed by atoms with Gasteiger partial charge >= 0.3 is 6.03 Å². The molecule has 5 rings (SSSR count). The number of anilines is 1. The van der Waals surface area contributed by atoms with Gasteiger partial charge in [0.2, 0.25) is 5.91 Å². The number of aromatic nitrogens is 1. The van der Waals surface area contributed by atoms with Crippen LogP contribution in [0.5, 0.6) is 5.75 Å². The Bertz CT molecular complexity index is 1240. The molecule has 1 aliphatic heterocycles. The second-order valence-electron chi connectivity index (χ2n) is 8.72. The normalized spacial score (nSPS) is 16.9. The number of nitrogens with one attached hydrogen (secondary N) is 1. The number of hydrogen-bond donors (Lipinski definition) is 1. The van der Waals surface area contributed by atoms with Gasteiger partial charge in [0, 0.05) is 13.0 Å². The fourth-order valence-electron chi connectivity index (χ4n) is 4.70. The molecule has 1 aliphatic carbocycles. The highest BCUT2D eigenvalue weighted by Crippen LogP contribution is 2.36. The predicted octanol–water partition coefficient (Wildman–Crippen LogP) is 4.09. The second kappa shape index (κ2) is 9.06. The zero-order valence-electron chi connectivity index (χ0n) is 19.0. The van der Waals surface area contributed by atoms with Crippen LogP contribution in [-0.2, 0) is 16.1 Å². The number of amides is 4. The van der Waals surface area contributed by atoms with E-state index in [0.29, 0.717) is 24.5 Å². The maximum absolute atomic E-state index is 13.4. The molecule has 34 heavy (non-hydrogen) atoms. The number of carbonyl (C=O) groups excluding carboxylic acids is 3. The summed E-state index contributed by atoms with van der Waals surface area (Å²) in [5.41, 5.74) is 0.979. The van der Waals surface area contributed by atoms with Crippen LogP contribution in [-0.4, -0.2) is 46.9 Å². The Hall–Kier alpha value is -3.46. The molecule has 2 fully saturated rings. The molecule has 1 N–H and O–H groups in total. The number of imide groups is 1. The van der Waals surface area contributed by atoms with Gasteiger partial charge < -0.3 is 10.1 Å². The Kier molecular flexibility index (Phi) is 5.95. The van der Waals surface area contributed by atoms with E-state index < -0.39 is 11.6 Å². The van der Waals surface area contributed by atoms with Crippen molar-refractivity contribution in [3.8, 4) is 5.75 Å². The smallest absolute Gasteiger partial charge is 0.325 e. The van der Waals surface area contributed by atoms with Crippen LogP contribution in [0.2, 0.25) is 0 Å². The number of ether oxygens (including phenoxy) is 1. The van der Waals surface area contributed by atoms with Gasteiger partial charge in [0.15, 0.2) is 5.13 Å². The lowest BCUT2D eigenvalue weighted by Crippen LogP contribution is -2.44. The molecule has 176 valence electrons. The van der Waals surface area contributed by atoms with Crippen molar-refractivity contribution < 1.29 is 19.1 Å². The summed E-state index contributed by atoms with van der Waals surface area (Å²) in [5, 5.41) is 3.44. The van der Waals surface area contributed by atoms with Crippen molar-refractivity contribution >= 4 is 44.5 Å². The van der Waals surface area contributed by atoms with E-state index in [9.17, 15) is 14.4 Å². The minimum atomic E-state index is -0.768. The molecular weight excluding hydrogens is 452 g/mol. The number of rotatable bonds is 7. The lowest BCUT2D eigenvalue weighted by atomic mass is 9.98. The van der Waals surface area contributed by atoms with Crippen LogP contribution < -0.4 is 15.0 Å². The van der Waals surface area contributed by atoms with Crippen LogP contribution in [0.25, 0.3) is 10.2 Å². The minimum absolute atomic E-state index is 0.0291. The Morgan fingerprint density at radius 2 is 1.94 bits per heavy atom. The van der Waals surface area contributed by atoms with Gasteiger partial charge in [-0.25, -0.2) is 9.78 Å². The number of nitrogens with zero attached hydrogens (tertiary/aromatic N) is 3. The van der Waals surface area contributed by atoms with Gasteiger partial charge in [0.05, 0.1) is 23.9 Å². The molecular formula is C25H26N4O4S. The maximum atomic E-state index is 13.4. The van der Waals surface area contributed by atoms with Gasteiger partial charge in [0.25, 0.3) is 5.91 Å². The molecule has 9 heteroatoms. The molecule has 4 amide bonds. The summed E-state index contributed by atoms with van der Waals surface area (Å²) in [4.78, 5) is 46.4. The summed E-state index contributed by atoms with van der Waals surface area (Å²) in [6.45, 7) is 0.399. The number of benzene rings is 2. The summed E-state index contributed by atoms with van der Waals surface area (Å²) in [7, 11) is 1.61. The summed E-state index contributed by atoms with van der Waals surface area (Å²) in [6, 6.07) is 14.9. The number of fused-ring (bicyclic) bond motifs is 1. The van der Waals surface area contributed by atoms with Crippen molar-refractivity contribution in [2.75, 3.05) is 18.6 Å². The Morgan fingerprint density at radius 1 is 1.18 bits per heavy atom. The van der Waals surface area contributed by atoms with E-state index in [1.807, 2.05) is 48.5 Å². The molecule has 2 heterocycles. The van der Waals surface area contributed by atoms with Crippen LogP contribution >= 0.6 is 11.3 Å². The van der Waals surface area contributed by atoms with E-state index >= 15 is 0 Å². The molecule has 3 aromatic rings. The first-order valence-electron chi connectivity index (χ1n) is 11.4. The average Bonchev–Trinajstić information content (AvgIpc) is 3.55. The minimum Gasteiger partial charge on any atom is -0.497 e. The second-order valence-corrected chi connectivity index (χ2v) is 9.73. The summed E-state index contributed by atoms with van der Waals surface area (Å²) in [6.07, 6.45) is 3.20. The highest BCUT2D eigenvalue weighted by molar-refractivity contribution is 7.22. The van der Waals surface area contributed by atoms with Gasteiger partial charge in [0.1, 0.15) is 11.3 Å². The summed E-state index contributed by atoms with van der Waals surface area (Å²) in [5.74, 6) is 0.329. The molecule has 1 spiro atoms. The van der Waals surface area contributed by atoms with Crippen molar-refractivity contribution in [3.63, 3.8) is 0 Å². The fourth-order valence-corrected chi connectivity index (χ4v) is 5.71. The molecule has 2 aromatic carbocycles. The third-order valence-corrected chi connectivity index (χ3v) is 7.59. The fraction of sp³-hybridized carbons (Fsp3) is 0.360. The molecule has 1 saturated carbocycles. The topological polar surface area (TPSA) is 91.8 Å². The van der Waals surface area contributed by atoms with E-state index in [2.05, 4.69) is 10.3 Å². The molecule has 8 nitrogen and oxygen atoms in total. The number of thiazole rings is 1. The lowest BCUT2D eigenvalue weighted by Gasteiger charge is -2.22. The van der Waals surface area contributed by atoms with Gasteiger partial charge in [-0.05, 0) is 36.6 Å². The molecule has 0 bridgehead atoms. The third-order valence-electron chi connectivity index (χ3n) is 6.55. The maximum Gasteiger partial charge on any atom is 0.325 e. The quantitative estimate of drug-likeness (QED) is 0.517. The zero-order valence-corrected chi connectivity index (χ0v) is 19.8. The van der Waals surface area contributed by atoms with Crippen molar-refractivity contribution in [2.24, 2.45) is 0 Å². The van der Waals surface area contributed by atoms with Gasteiger partial charge in [-0.2, -0.15) is 0 Å². The average molecular weight is 479 g/mol. The molecule has 2 aliphatic rings. The Balaban J connectivity index is 1.37. The van der Waals surface area contributed by atoms with E-state index in [1.165, 1.54) is 16.2 Å². The molecule has 1 aromatic heterocycles. The molecule has 1 saturated heterocycles. The highest BCUT2D eigenvalue weighted by atomic mass is 32.1. The zero-order chi connectivity index (χ0) is 23.7. The lowest BCUT2D eigenvalue weighted by molar-refractivity contribution is -0.131. The number of urea groups is 1. The first-order valence-corrected chi connectivity index (χ1v) is 12.2. The monoisotopic (exact) mass is 478 g/mol. The van der Waals surface area contributed by atoms with Crippen LogP contribution in [0, 0.1) is 0 Å². The third kappa shape index (κ3) is 4.11. The van der Waals surface area contributed by atoms with E-state index in [0.717, 1.165) is 34.4 Å². The van der Waals surface area contributed by atoms with Crippen molar-refractivity contribution in [2.45, 2.75) is 44.2 Å². The Labute approximate surface area is 201 Å². The van der Waals surface area contributed by atoms with Gasteiger partial charge in [-0.1, -0.05) is 54.5 Å². The van der Waals surface area contributed by atoms with Crippen LogP contribution in [0.1, 0.15) is 37.7 Å². The standard InChI is InChI=1S/C25H26N4O4S/c1-33-18-9-10-19-20(15-18)34-24(26-19)29(16-17-7-3-2-4-8-17)21(30)11-14-28-22(31)25(27-23(28)32)12-5-6-13-25/h2-4,7-10,15H,5-6,11-14,16H2,1H3,(H,27,32). The van der Waals surface area contributed by atoms with Gasteiger partial charge in [-0.3, -0.25) is 19.4 Å². The molecule has 0 radical (unpaired) electrons. The van der Waals surface area contributed by atoms with Crippen LogP contribution in [0.4, 0.5) is 9.93 Å². The number of methoxy groups -OCH3 is 1. The molecule has 0 unspecified atom stereocenters. The molecule has 0 atom stereocenters. The summed E-state index contributed by atoms with van der Waals surface area (Å²) < 4.78 is 6.23. The van der Waals surface area contributed by atoms with Gasteiger partial charge in [-0.15, -0.1) is 0 Å². The van der Waals surface area contributed by atoms with E-state index in [-0.39, 0.29) is 24.8 Å².